The number of hydrogen-bond acceptors (Lipinski definition) is 4. The molecule has 0 radical (unpaired) electrons. The first-order valence-electron chi connectivity index (χ1n) is 8.60. The highest BCUT2D eigenvalue weighted by Crippen LogP contribution is 2.33. The Morgan fingerprint density at radius 2 is 1.52 bits per heavy atom. The molecular formula is C21H28O4. The number of rotatable bonds is 8. The molecule has 0 aromatic carbocycles. The molecule has 4 nitrogen and oxygen atoms in total. The van der Waals surface area contributed by atoms with Crippen LogP contribution in [0.2, 0.25) is 0 Å². The van der Waals surface area contributed by atoms with Crippen LogP contribution in [0.3, 0.4) is 0 Å². The van der Waals surface area contributed by atoms with Crippen molar-refractivity contribution in [1.82, 2.24) is 0 Å². The number of allylic oxidation sites excluding steroid dienone is 7. The monoisotopic (exact) mass is 344 g/mol. The molecule has 0 aromatic heterocycles. The summed E-state index contributed by atoms with van der Waals surface area (Å²) in [6.07, 6.45) is 4.08. The Morgan fingerprint density at radius 1 is 0.960 bits per heavy atom. The Bertz CT molecular complexity index is 704. The third-order valence-corrected chi connectivity index (χ3v) is 3.84. The van der Waals surface area contributed by atoms with Gasteiger partial charge in [-0.3, -0.25) is 14.4 Å². The van der Waals surface area contributed by atoms with Gasteiger partial charge in [-0.25, -0.2) is 0 Å². The molecule has 0 bridgehead atoms. The standard InChI is InChI=1S/C21H28O4/c1-12(2)7-9-15-18(16(22)10-8-13(3)4)21(25)19(20(15)24)17(23)11-14(5)6/h7-8,14,24H,9-11H2,1-6H3. The average Bonchev–Trinajstić information content (AvgIpc) is 2.72. The van der Waals surface area contributed by atoms with Gasteiger partial charge < -0.3 is 5.11 Å². The summed E-state index contributed by atoms with van der Waals surface area (Å²) in [5, 5.41) is 10.5. The van der Waals surface area contributed by atoms with Crippen LogP contribution >= 0.6 is 0 Å². The second kappa shape index (κ2) is 8.75. The maximum absolute atomic E-state index is 12.7. The summed E-state index contributed by atoms with van der Waals surface area (Å²) in [7, 11) is 0. The molecule has 0 aromatic rings. The minimum atomic E-state index is -0.632. The van der Waals surface area contributed by atoms with E-state index in [-0.39, 0.29) is 53.4 Å². The number of carbonyl (C=O) groups excluding carboxylic acids is 3. The lowest BCUT2D eigenvalue weighted by molar-refractivity contribution is -0.121. The third-order valence-electron chi connectivity index (χ3n) is 3.84. The molecule has 1 aliphatic rings. The van der Waals surface area contributed by atoms with E-state index < -0.39 is 11.6 Å². The number of carbonyl (C=O) groups is 3. The van der Waals surface area contributed by atoms with Gasteiger partial charge in [-0.05, 0) is 40.0 Å². The summed E-state index contributed by atoms with van der Waals surface area (Å²) in [5.74, 6) is -1.66. The van der Waals surface area contributed by atoms with E-state index in [0.717, 1.165) is 11.1 Å². The molecule has 25 heavy (non-hydrogen) atoms. The van der Waals surface area contributed by atoms with Crippen molar-refractivity contribution < 1.29 is 19.5 Å². The van der Waals surface area contributed by atoms with Crippen LogP contribution in [0.15, 0.2) is 45.8 Å². The zero-order valence-electron chi connectivity index (χ0n) is 16.0. The molecule has 1 N–H and O–H groups in total. The van der Waals surface area contributed by atoms with E-state index in [0.29, 0.717) is 0 Å². The fourth-order valence-corrected chi connectivity index (χ4v) is 2.57. The van der Waals surface area contributed by atoms with Gasteiger partial charge in [0.1, 0.15) is 11.3 Å². The second-order valence-corrected chi connectivity index (χ2v) is 7.32. The zero-order valence-corrected chi connectivity index (χ0v) is 16.0. The normalized spacial score (nSPS) is 14.3. The van der Waals surface area contributed by atoms with Crippen molar-refractivity contribution in [3.05, 3.63) is 45.8 Å². The molecule has 0 fully saturated rings. The van der Waals surface area contributed by atoms with Gasteiger partial charge in [0.25, 0.3) is 0 Å². The van der Waals surface area contributed by atoms with Crippen molar-refractivity contribution in [1.29, 1.82) is 0 Å². The van der Waals surface area contributed by atoms with Crippen molar-refractivity contribution in [3.63, 3.8) is 0 Å². The smallest absolute Gasteiger partial charge is 0.204 e. The van der Waals surface area contributed by atoms with Gasteiger partial charge in [0.15, 0.2) is 11.6 Å². The van der Waals surface area contributed by atoms with E-state index >= 15 is 0 Å². The van der Waals surface area contributed by atoms with E-state index in [2.05, 4.69) is 0 Å². The van der Waals surface area contributed by atoms with Gasteiger partial charge in [0, 0.05) is 18.4 Å². The maximum Gasteiger partial charge on any atom is 0.204 e. The molecule has 0 amide bonds. The van der Waals surface area contributed by atoms with E-state index in [1.54, 1.807) is 6.08 Å². The Balaban J connectivity index is 3.32. The molecule has 0 unspecified atom stereocenters. The van der Waals surface area contributed by atoms with Gasteiger partial charge in [-0.1, -0.05) is 37.1 Å². The van der Waals surface area contributed by atoms with Gasteiger partial charge in [0.2, 0.25) is 5.78 Å². The molecule has 1 rings (SSSR count). The molecule has 1 aliphatic carbocycles. The Kier molecular flexibility index (Phi) is 7.28. The summed E-state index contributed by atoms with van der Waals surface area (Å²) >= 11 is 0. The highest BCUT2D eigenvalue weighted by molar-refractivity contribution is 6.38. The SMILES string of the molecule is CC(C)=CCC(=O)C1=C(CC=C(C)C)C(O)=C(C(=O)CC(C)C)C1=O. The largest absolute Gasteiger partial charge is 0.507 e. The third kappa shape index (κ3) is 5.38. The fraction of sp³-hybridized carbons (Fsp3) is 0.476. The van der Waals surface area contributed by atoms with Crippen molar-refractivity contribution in [2.75, 3.05) is 0 Å². The minimum absolute atomic E-state index is 0.0420. The first-order valence-corrected chi connectivity index (χ1v) is 8.60. The van der Waals surface area contributed by atoms with E-state index in [9.17, 15) is 19.5 Å². The molecular weight excluding hydrogens is 316 g/mol. The van der Waals surface area contributed by atoms with Crippen LogP contribution in [0.1, 0.15) is 60.8 Å². The average molecular weight is 344 g/mol. The highest BCUT2D eigenvalue weighted by atomic mass is 16.3. The molecule has 0 spiro atoms. The van der Waals surface area contributed by atoms with Gasteiger partial charge in [0.05, 0.1) is 5.57 Å². The van der Waals surface area contributed by atoms with E-state index in [1.165, 1.54) is 0 Å². The van der Waals surface area contributed by atoms with Crippen LogP contribution in [-0.4, -0.2) is 22.5 Å². The minimum Gasteiger partial charge on any atom is -0.507 e. The molecule has 136 valence electrons. The van der Waals surface area contributed by atoms with E-state index in [4.69, 9.17) is 0 Å². The van der Waals surface area contributed by atoms with Crippen LogP contribution in [0.4, 0.5) is 0 Å². The van der Waals surface area contributed by atoms with Crippen LogP contribution in [0.5, 0.6) is 0 Å². The van der Waals surface area contributed by atoms with Crippen molar-refractivity contribution in [3.8, 4) is 0 Å². The number of Topliss-reactive ketones (excluding diaryl/α,β-unsaturated/α-hetero) is 3. The topological polar surface area (TPSA) is 71.4 Å². The fourth-order valence-electron chi connectivity index (χ4n) is 2.57. The van der Waals surface area contributed by atoms with Crippen LogP contribution in [0.25, 0.3) is 0 Å². The van der Waals surface area contributed by atoms with Crippen molar-refractivity contribution in [2.45, 2.75) is 60.8 Å². The summed E-state index contributed by atoms with van der Waals surface area (Å²) in [4.78, 5) is 37.7. The quantitative estimate of drug-likeness (QED) is 0.517. The number of aliphatic hydroxyl groups is 1. The first kappa shape index (κ1) is 20.8. The summed E-state index contributed by atoms with van der Waals surface area (Å²) in [6, 6.07) is 0. The zero-order chi connectivity index (χ0) is 19.3. The van der Waals surface area contributed by atoms with Gasteiger partial charge >= 0.3 is 0 Å². The number of hydrogen-bond donors (Lipinski definition) is 1. The first-order chi connectivity index (χ1) is 11.6. The van der Waals surface area contributed by atoms with Crippen molar-refractivity contribution in [2.24, 2.45) is 5.92 Å². The Morgan fingerprint density at radius 3 is 2.00 bits per heavy atom. The molecule has 0 saturated carbocycles. The number of ketones is 3. The molecule has 4 heteroatoms. The van der Waals surface area contributed by atoms with Crippen LogP contribution < -0.4 is 0 Å². The summed E-state index contributed by atoms with van der Waals surface area (Å²) in [5.41, 5.74) is 1.97. The van der Waals surface area contributed by atoms with Crippen LogP contribution in [-0.2, 0) is 14.4 Å². The summed E-state index contributed by atoms with van der Waals surface area (Å²) < 4.78 is 0. The second-order valence-electron chi connectivity index (χ2n) is 7.32. The molecule has 0 heterocycles. The molecule has 0 aliphatic heterocycles. The Hall–Kier alpha value is -2.23. The molecule has 0 saturated heterocycles. The Labute approximate surface area is 150 Å². The van der Waals surface area contributed by atoms with Gasteiger partial charge in [-0.15, -0.1) is 0 Å². The maximum atomic E-state index is 12.7. The lowest BCUT2D eigenvalue weighted by Crippen LogP contribution is -2.18. The van der Waals surface area contributed by atoms with Crippen LogP contribution in [0, 0.1) is 5.92 Å². The van der Waals surface area contributed by atoms with Crippen molar-refractivity contribution >= 4 is 17.3 Å². The van der Waals surface area contributed by atoms with Gasteiger partial charge in [-0.2, -0.15) is 0 Å². The highest BCUT2D eigenvalue weighted by Gasteiger charge is 2.38. The van der Waals surface area contributed by atoms with E-state index in [1.807, 2.05) is 47.6 Å². The molecule has 0 atom stereocenters. The predicted molar refractivity (Wildman–Crippen MR) is 99.3 cm³/mol. The summed E-state index contributed by atoms with van der Waals surface area (Å²) in [6.45, 7) is 11.3. The predicted octanol–water partition coefficient (Wildman–Crippen LogP) is 4.57. The lowest BCUT2D eigenvalue weighted by Gasteiger charge is -2.05. The lowest BCUT2D eigenvalue weighted by atomic mass is 9.95. The number of aliphatic hydroxyl groups excluding tert-OH is 1.